The standard InChI is InChI=1S/C17H25NO3/c1-13(2)15(12-19)18-16(20)17(8-10-21-11-9-17)14-6-4-3-5-7-14/h3-7,13,15,19H,8-12H2,1-2H3,(H,18,20)/t15-/m1/s1. The normalized spacial score (nSPS) is 19.2. The zero-order valence-corrected chi connectivity index (χ0v) is 12.8. The van der Waals surface area contributed by atoms with Gasteiger partial charge >= 0.3 is 0 Å². The van der Waals surface area contributed by atoms with Gasteiger partial charge < -0.3 is 15.2 Å². The Labute approximate surface area is 126 Å². The van der Waals surface area contributed by atoms with Crippen LogP contribution in [0, 0.1) is 5.92 Å². The molecule has 1 aromatic rings. The summed E-state index contributed by atoms with van der Waals surface area (Å²) in [7, 11) is 0. The van der Waals surface area contributed by atoms with Crippen molar-refractivity contribution in [2.45, 2.75) is 38.1 Å². The third-order valence-corrected chi connectivity index (χ3v) is 4.43. The van der Waals surface area contributed by atoms with Crippen molar-refractivity contribution in [3.8, 4) is 0 Å². The van der Waals surface area contributed by atoms with Crippen molar-refractivity contribution in [1.29, 1.82) is 0 Å². The second-order valence-electron chi connectivity index (χ2n) is 6.07. The summed E-state index contributed by atoms with van der Waals surface area (Å²) in [5, 5.41) is 12.5. The first-order valence-corrected chi connectivity index (χ1v) is 7.65. The Morgan fingerprint density at radius 2 is 1.90 bits per heavy atom. The SMILES string of the molecule is CC(C)[C@@H](CO)NC(=O)C1(c2ccccc2)CCOCC1. The highest BCUT2D eigenvalue weighted by atomic mass is 16.5. The summed E-state index contributed by atoms with van der Waals surface area (Å²) >= 11 is 0. The van der Waals surface area contributed by atoms with Crippen molar-refractivity contribution in [2.75, 3.05) is 19.8 Å². The molecule has 1 aromatic carbocycles. The highest BCUT2D eigenvalue weighted by Crippen LogP contribution is 2.35. The Bertz CT molecular complexity index is 452. The van der Waals surface area contributed by atoms with E-state index in [1.165, 1.54) is 0 Å². The van der Waals surface area contributed by atoms with Crippen LogP contribution in [-0.2, 0) is 14.9 Å². The molecule has 2 N–H and O–H groups in total. The molecular weight excluding hydrogens is 266 g/mol. The van der Waals surface area contributed by atoms with E-state index in [1.807, 2.05) is 44.2 Å². The van der Waals surface area contributed by atoms with E-state index in [0.717, 1.165) is 5.56 Å². The third-order valence-electron chi connectivity index (χ3n) is 4.43. The lowest BCUT2D eigenvalue weighted by molar-refractivity contribution is -0.132. The molecule has 0 saturated carbocycles. The Kier molecular flexibility index (Phi) is 5.37. The Morgan fingerprint density at radius 3 is 2.43 bits per heavy atom. The molecule has 0 bridgehead atoms. The molecule has 1 amide bonds. The smallest absolute Gasteiger partial charge is 0.231 e. The predicted molar refractivity (Wildman–Crippen MR) is 82.0 cm³/mol. The van der Waals surface area contributed by atoms with Crippen LogP contribution in [0.2, 0.25) is 0 Å². The fourth-order valence-corrected chi connectivity index (χ4v) is 2.85. The number of aliphatic hydroxyl groups is 1. The lowest BCUT2D eigenvalue weighted by Crippen LogP contribution is -2.53. The minimum atomic E-state index is -0.540. The number of nitrogens with one attached hydrogen (secondary N) is 1. The first kappa shape index (κ1) is 16.0. The summed E-state index contributed by atoms with van der Waals surface area (Å²) in [6.45, 7) is 5.15. The molecule has 0 aliphatic carbocycles. The Hall–Kier alpha value is -1.39. The molecule has 1 aliphatic heterocycles. The van der Waals surface area contributed by atoms with Gasteiger partial charge in [0.2, 0.25) is 5.91 Å². The molecule has 21 heavy (non-hydrogen) atoms. The Balaban J connectivity index is 2.26. The lowest BCUT2D eigenvalue weighted by Gasteiger charge is -2.37. The van der Waals surface area contributed by atoms with Gasteiger partial charge in [-0.1, -0.05) is 44.2 Å². The van der Waals surface area contributed by atoms with E-state index in [9.17, 15) is 9.90 Å². The van der Waals surface area contributed by atoms with Gasteiger partial charge in [-0.05, 0) is 24.3 Å². The number of carbonyl (C=O) groups is 1. The van der Waals surface area contributed by atoms with E-state index in [1.54, 1.807) is 0 Å². The molecule has 1 saturated heterocycles. The van der Waals surface area contributed by atoms with Gasteiger partial charge in [-0.3, -0.25) is 4.79 Å². The van der Waals surface area contributed by atoms with Crippen LogP contribution in [0.3, 0.4) is 0 Å². The number of ether oxygens (including phenoxy) is 1. The topological polar surface area (TPSA) is 58.6 Å². The van der Waals surface area contributed by atoms with Gasteiger partial charge in [-0.2, -0.15) is 0 Å². The van der Waals surface area contributed by atoms with E-state index in [-0.39, 0.29) is 24.5 Å². The van der Waals surface area contributed by atoms with Crippen molar-refractivity contribution < 1.29 is 14.6 Å². The van der Waals surface area contributed by atoms with Crippen LogP contribution in [0.4, 0.5) is 0 Å². The van der Waals surface area contributed by atoms with E-state index in [2.05, 4.69) is 5.32 Å². The quantitative estimate of drug-likeness (QED) is 0.870. The number of aliphatic hydroxyl groups excluding tert-OH is 1. The average molecular weight is 291 g/mol. The van der Waals surface area contributed by atoms with E-state index in [0.29, 0.717) is 26.1 Å². The van der Waals surface area contributed by atoms with Gasteiger partial charge in [0.15, 0.2) is 0 Å². The molecule has 0 aromatic heterocycles. The Morgan fingerprint density at radius 1 is 1.29 bits per heavy atom. The number of rotatable bonds is 5. The van der Waals surface area contributed by atoms with Gasteiger partial charge in [0, 0.05) is 13.2 Å². The number of hydrogen-bond acceptors (Lipinski definition) is 3. The molecule has 1 aliphatic rings. The van der Waals surface area contributed by atoms with Crippen molar-refractivity contribution in [3.05, 3.63) is 35.9 Å². The molecule has 1 atom stereocenters. The minimum Gasteiger partial charge on any atom is -0.394 e. The molecular formula is C17H25NO3. The maximum absolute atomic E-state index is 12.9. The van der Waals surface area contributed by atoms with Gasteiger partial charge in [0.05, 0.1) is 18.1 Å². The number of carbonyl (C=O) groups excluding carboxylic acids is 1. The fourth-order valence-electron chi connectivity index (χ4n) is 2.85. The number of amides is 1. The molecule has 0 unspecified atom stereocenters. The van der Waals surface area contributed by atoms with Crippen LogP contribution in [0.1, 0.15) is 32.3 Å². The van der Waals surface area contributed by atoms with Crippen molar-refractivity contribution in [3.63, 3.8) is 0 Å². The molecule has 4 heteroatoms. The lowest BCUT2D eigenvalue weighted by atomic mass is 9.73. The highest BCUT2D eigenvalue weighted by molar-refractivity contribution is 5.88. The first-order valence-electron chi connectivity index (χ1n) is 7.65. The summed E-state index contributed by atoms with van der Waals surface area (Å²) < 4.78 is 5.45. The molecule has 0 radical (unpaired) electrons. The van der Waals surface area contributed by atoms with Gasteiger partial charge in [-0.25, -0.2) is 0 Å². The molecule has 1 heterocycles. The van der Waals surface area contributed by atoms with Crippen molar-refractivity contribution in [2.24, 2.45) is 5.92 Å². The van der Waals surface area contributed by atoms with Gasteiger partial charge in [0.1, 0.15) is 0 Å². The van der Waals surface area contributed by atoms with Gasteiger partial charge in [0.25, 0.3) is 0 Å². The number of benzene rings is 1. The predicted octanol–water partition coefficient (Wildman–Crippen LogP) is 1.87. The highest BCUT2D eigenvalue weighted by Gasteiger charge is 2.42. The van der Waals surface area contributed by atoms with Crippen molar-refractivity contribution >= 4 is 5.91 Å². The van der Waals surface area contributed by atoms with Crippen LogP contribution in [0.25, 0.3) is 0 Å². The van der Waals surface area contributed by atoms with Gasteiger partial charge in [-0.15, -0.1) is 0 Å². The van der Waals surface area contributed by atoms with Crippen LogP contribution in [0.15, 0.2) is 30.3 Å². The van der Waals surface area contributed by atoms with E-state index < -0.39 is 5.41 Å². The summed E-state index contributed by atoms with van der Waals surface area (Å²) in [5.41, 5.74) is 0.494. The summed E-state index contributed by atoms with van der Waals surface area (Å²) in [5.74, 6) is 0.205. The zero-order valence-electron chi connectivity index (χ0n) is 12.8. The molecule has 2 rings (SSSR count). The fraction of sp³-hybridized carbons (Fsp3) is 0.588. The maximum Gasteiger partial charge on any atom is 0.231 e. The van der Waals surface area contributed by atoms with Crippen molar-refractivity contribution in [1.82, 2.24) is 5.32 Å². The van der Waals surface area contributed by atoms with E-state index in [4.69, 9.17) is 4.74 Å². The molecule has 4 nitrogen and oxygen atoms in total. The van der Waals surface area contributed by atoms with Crippen LogP contribution in [0.5, 0.6) is 0 Å². The van der Waals surface area contributed by atoms with Crippen LogP contribution < -0.4 is 5.32 Å². The number of hydrogen-bond donors (Lipinski definition) is 2. The molecule has 1 fully saturated rings. The largest absolute Gasteiger partial charge is 0.394 e. The third kappa shape index (κ3) is 3.44. The maximum atomic E-state index is 12.9. The minimum absolute atomic E-state index is 0.00440. The second-order valence-corrected chi connectivity index (χ2v) is 6.07. The summed E-state index contributed by atoms with van der Waals surface area (Å²) in [6.07, 6.45) is 1.36. The molecule has 0 spiro atoms. The summed E-state index contributed by atoms with van der Waals surface area (Å²) in [4.78, 5) is 12.9. The first-order chi connectivity index (χ1) is 10.1. The summed E-state index contributed by atoms with van der Waals surface area (Å²) in [6, 6.07) is 9.69. The monoisotopic (exact) mass is 291 g/mol. The van der Waals surface area contributed by atoms with Crippen LogP contribution in [-0.4, -0.2) is 36.9 Å². The van der Waals surface area contributed by atoms with E-state index >= 15 is 0 Å². The second kappa shape index (κ2) is 7.05. The molecule has 116 valence electrons. The zero-order chi connectivity index (χ0) is 15.3. The van der Waals surface area contributed by atoms with Crippen LogP contribution >= 0.6 is 0 Å². The average Bonchev–Trinajstić information content (AvgIpc) is 2.53.